The molecule has 0 spiro atoms. The van der Waals surface area contributed by atoms with Gasteiger partial charge in [0.25, 0.3) is 0 Å². The van der Waals surface area contributed by atoms with Gasteiger partial charge in [-0.25, -0.2) is 9.78 Å². The van der Waals surface area contributed by atoms with Gasteiger partial charge in [-0.3, -0.25) is 15.0 Å². The molecule has 0 aliphatic heterocycles. The number of halogens is 1. The van der Waals surface area contributed by atoms with Crippen molar-refractivity contribution in [2.24, 2.45) is 4.99 Å². The molecule has 1 saturated carbocycles. The molecule has 152 valence electrons. The number of hydrogen-bond donors (Lipinski definition) is 4. The lowest BCUT2D eigenvalue weighted by Crippen LogP contribution is -2.20. The molecule has 11 heteroatoms. The largest absolute Gasteiger partial charge is 0.493 e. The Hall–Kier alpha value is -3.66. The normalized spacial score (nSPS) is 15.3. The van der Waals surface area contributed by atoms with Crippen LogP contribution in [0.1, 0.15) is 24.1 Å². The second kappa shape index (κ2) is 6.99. The van der Waals surface area contributed by atoms with Crippen LogP contribution in [0.2, 0.25) is 5.02 Å². The summed E-state index contributed by atoms with van der Waals surface area (Å²) in [7, 11) is 0. The molecule has 5 rings (SSSR count). The number of aromatic hydroxyl groups is 1. The fourth-order valence-corrected chi connectivity index (χ4v) is 3.18. The smallest absolute Gasteiger partial charge is 0.326 e. The lowest BCUT2D eigenvalue weighted by molar-refractivity contribution is 0.454. The van der Waals surface area contributed by atoms with E-state index in [9.17, 15) is 9.90 Å². The highest BCUT2D eigenvalue weighted by atomic mass is 35.5. The van der Waals surface area contributed by atoms with Crippen molar-refractivity contribution in [1.82, 2.24) is 29.5 Å². The van der Waals surface area contributed by atoms with Gasteiger partial charge in [-0.05, 0) is 31.4 Å². The monoisotopic (exact) mass is 424 g/mol. The van der Waals surface area contributed by atoms with Crippen LogP contribution in [0.15, 0.2) is 34.4 Å². The van der Waals surface area contributed by atoms with Gasteiger partial charge in [-0.1, -0.05) is 11.6 Å². The lowest BCUT2D eigenvalue weighted by atomic mass is 10.2. The highest BCUT2D eigenvalue weighted by Crippen LogP contribution is 2.24. The van der Waals surface area contributed by atoms with Crippen LogP contribution < -0.4 is 21.7 Å². The third kappa shape index (κ3) is 3.41. The molecule has 30 heavy (non-hydrogen) atoms. The first-order valence-corrected chi connectivity index (χ1v) is 9.68. The highest BCUT2D eigenvalue weighted by Gasteiger charge is 2.20. The van der Waals surface area contributed by atoms with E-state index in [-0.39, 0.29) is 17.6 Å². The molecule has 4 N–H and O–H groups in total. The van der Waals surface area contributed by atoms with Crippen molar-refractivity contribution in [3.8, 4) is 5.88 Å². The molecule has 10 nitrogen and oxygen atoms in total. The van der Waals surface area contributed by atoms with Gasteiger partial charge < -0.3 is 15.4 Å². The minimum atomic E-state index is -0.501. The van der Waals surface area contributed by atoms with Gasteiger partial charge in [0, 0.05) is 17.5 Å². The summed E-state index contributed by atoms with van der Waals surface area (Å²) in [5, 5.41) is 18.7. The maximum absolute atomic E-state index is 11.4. The van der Waals surface area contributed by atoms with Gasteiger partial charge in [0.15, 0.2) is 11.1 Å². The number of aromatic amines is 2. The minimum Gasteiger partial charge on any atom is -0.493 e. The Morgan fingerprint density at radius 3 is 2.90 bits per heavy atom. The molecule has 0 amide bonds. The van der Waals surface area contributed by atoms with E-state index in [1.54, 1.807) is 29.2 Å². The Morgan fingerprint density at radius 1 is 1.33 bits per heavy atom. The van der Waals surface area contributed by atoms with Crippen LogP contribution in [0.4, 0.5) is 11.5 Å². The number of H-pyrrole nitrogens is 2. The summed E-state index contributed by atoms with van der Waals surface area (Å²) in [5.74, 6) is 0.299. The van der Waals surface area contributed by atoms with Crippen LogP contribution in [0, 0.1) is 6.92 Å². The van der Waals surface area contributed by atoms with E-state index in [2.05, 4.69) is 30.4 Å². The molecule has 0 unspecified atom stereocenters. The number of fused-ring (bicyclic) bond motifs is 1. The summed E-state index contributed by atoms with van der Waals surface area (Å²) >= 11 is 6.18. The number of hydrogen-bond acceptors (Lipinski definition) is 7. The minimum absolute atomic E-state index is 0.241. The topological polar surface area (TPSA) is 136 Å². The number of rotatable bonds is 4. The third-order valence-corrected chi connectivity index (χ3v) is 5.17. The van der Waals surface area contributed by atoms with E-state index < -0.39 is 5.69 Å². The fourth-order valence-electron chi connectivity index (χ4n) is 3.02. The lowest BCUT2D eigenvalue weighted by Gasteiger charge is -2.09. The summed E-state index contributed by atoms with van der Waals surface area (Å²) in [6, 6.07) is 2.10. The van der Waals surface area contributed by atoms with Gasteiger partial charge >= 0.3 is 5.69 Å². The van der Waals surface area contributed by atoms with Crippen molar-refractivity contribution in [3.05, 3.63) is 62.1 Å². The Balaban J connectivity index is 1.69. The van der Waals surface area contributed by atoms with Crippen molar-refractivity contribution in [1.29, 1.82) is 0 Å². The quantitative estimate of drug-likeness (QED) is 0.388. The van der Waals surface area contributed by atoms with E-state index in [0.717, 1.165) is 24.1 Å². The number of imidazole rings is 1. The summed E-state index contributed by atoms with van der Waals surface area (Å²) in [4.78, 5) is 29.8. The van der Waals surface area contributed by atoms with Crippen molar-refractivity contribution in [2.45, 2.75) is 25.8 Å². The maximum atomic E-state index is 11.4. The highest BCUT2D eigenvalue weighted by molar-refractivity contribution is 6.31. The second-order valence-corrected chi connectivity index (χ2v) is 7.51. The van der Waals surface area contributed by atoms with E-state index in [1.807, 2.05) is 13.0 Å². The van der Waals surface area contributed by atoms with Crippen molar-refractivity contribution < 1.29 is 5.11 Å². The summed E-state index contributed by atoms with van der Waals surface area (Å²) in [5.41, 5.74) is 2.50. The molecule has 0 aromatic carbocycles. The predicted octanol–water partition coefficient (Wildman–Crippen LogP) is 1.16. The van der Waals surface area contributed by atoms with Crippen molar-refractivity contribution >= 4 is 34.8 Å². The fraction of sp³-hybridized carbons (Fsp3) is 0.211. The average Bonchev–Trinajstić information content (AvgIpc) is 3.34. The van der Waals surface area contributed by atoms with Crippen LogP contribution in [0.25, 0.3) is 11.7 Å². The number of pyridine rings is 1. The SMILES string of the molecule is Cc1c(Cl)cncc1Nc1cc(=NC2CC2)n2ncc(=Cc3[nH]c(=O)[nH]c3O)c2n1. The van der Waals surface area contributed by atoms with Gasteiger partial charge in [-0.15, -0.1) is 0 Å². The summed E-state index contributed by atoms with van der Waals surface area (Å²) in [6.45, 7) is 1.89. The Labute approximate surface area is 174 Å². The third-order valence-electron chi connectivity index (χ3n) is 4.79. The number of nitrogens with zero attached hydrogens (tertiary/aromatic N) is 5. The second-order valence-electron chi connectivity index (χ2n) is 7.10. The molecule has 4 heterocycles. The molecule has 0 atom stereocenters. The van der Waals surface area contributed by atoms with Crippen molar-refractivity contribution in [3.63, 3.8) is 0 Å². The Morgan fingerprint density at radius 2 is 2.17 bits per heavy atom. The van der Waals surface area contributed by atoms with E-state index in [4.69, 9.17) is 16.6 Å². The molecule has 4 aromatic rings. The zero-order valence-corrected chi connectivity index (χ0v) is 16.6. The molecular weight excluding hydrogens is 408 g/mol. The molecular formula is C19H17ClN8O2. The van der Waals surface area contributed by atoms with Crippen LogP contribution >= 0.6 is 11.6 Å². The first-order valence-electron chi connectivity index (χ1n) is 9.30. The van der Waals surface area contributed by atoms with Crippen molar-refractivity contribution in [2.75, 3.05) is 5.32 Å². The van der Waals surface area contributed by atoms with Crippen LogP contribution in [-0.4, -0.2) is 40.7 Å². The van der Waals surface area contributed by atoms with E-state index in [0.29, 0.717) is 27.2 Å². The molecule has 1 fully saturated rings. The Kier molecular flexibility index (Phi) is 4.28. The van der Waals surface area contributed by atoms with Gasteiger partial charge in [-0.2, -0.15) is 9.61 Å². The average molecular weight is 425 g/mol. The van der Waals surface area contributed by atoms with Gasteiger partial charge in [0.1, 0.15) is 11.5 Å². The number of nitrogens with one attached hydrogen (secondary N) is 3. The number of anilines is 2. The van der Waals surface area contributed by atoms with Crippen LogP contribution in [-0.2, 0) is 0 Å². The zero-order valence-electron chi connectivity index (χ0n) is 15.8. The van der Waals surface area contributed by atoms with Gasteiger partial charge in [0.2, 0.25) is 5.88 Å². The zero-order chi connectivity index (χ0) is 20.8. The first-order chi connectivity index (χ1) is 14.5. The molecule has 4 aromatic heterocycles. The Bertz CT molecular complexity index is 1450. The van der Waals surface area contributed by atoms with Crippen LogP contribution in [0.3, 0.4) is 0 Å². The predicted molar refractivity (Wildman–Crippen MR) is 111 cm³/mol. The standard InChI is InChI=1S/C19H17ClN8O2/c1-9-12(20)7-21-8-14(9)24-15-5-16(23-11-2-3-11)28-17(26-15)10(6-22-28)4-13-18(29)27-19(30)25-13/h4-8,11,24,29H,2-3H2,1H3,(H2,25,27,30). The first kappa shape index (κ1) is 18.4. The maximum Gasteiger partial charge on any atom is 0.326 e. The van der Waals surface area contributed by atoms with E-state index >= 15 is 0 Å². The molecule has 0 bridgehead atoms. The molecule has 0 radical (unpaired) electrons. The summed E-state index contributed by atoms with van der Waals surface area (Å²) in [6.07, 6.45) is 8.55. The van der Waals surface area contributed by atoms with Gasteiger partial charge in [0.05, 0.1) is 29.1 Å². The number of aromatic nitrogens is 6. The molecule has 0 saturated heterocycles. The van der Waals surface area contributed by atoms with E-state index in [1.165, 1.54) is 0 Å². The molecule has 1 aliphatic rings. The molecule has 1 aliphatic carbocycles. The van der Waals surface area contributed by atoms with Crippen LogP contribution in [0.5, 0.6) is 5.88 Å². The summed E-state index contributed by atoms with van der Waals surface area (Å²) < 4.78 is 1.64.